The topological polar surface area (TPSA) is 3.24 Å². The second kappa shape index (κ2) is 6.90. The Morgan fingerprint density at radius 1 is 1.26 bits per heavy atom. The monoisotopic (exact) mass is 299 g/mol. The molecule has 1 nitrogen and oxygen atoms in total. The highest BCUT2D eigenvalue weighted by atomic mass is 35.5. The molecule has 0 N–H and O–H groups in total. The highest BCUT2D eigenvalue weighted by Crippen LogP contribution is 2.38. The van der Waals surface area contributed by atoms with Gasteiger partial charge in [-0.2, -0.15) is 0 Å². The fourth-order valence-electron chi connectivity index (χ4n) is 2.77. The predicted octanol–water partition coefficient (Wildman–Crippen LogP) is 5.44. The first-order chi connectivity index (χ1) is 8.46. The maximum atomic E-state index is 2.53. The molecule has 108 valence electrons. The molecular formula is C16H26ClNS. The summed E-state index contributed by atoms with van der Waals surface area (Å²) in [6.07, 6.45) is 2.61. The van der Waals surface area contributed by atoms with Gasteiger partial charge in [-0.15, -0.1) is 24.2 Å². The van der Waals surface area contributed by atoms with Crippen LogP contribution in [0.3, 0.4) is 0 Å². The molecule has 1 atom stereocenters. The molecule has 1 unspecified atom stereocenters. The van der Waals surface area contributed by atoms with E-state index in [1.165, 1.54) is 30.0 Å². The number of hydrogen-bond acceptors (Lipinski definition) is 2. The van der Waals surface area contributed by atoms with Gasteiger partial charge in [0.15, 0.2) is 0 Å². The molecule has 0 aromatic heterocycles. The number of thioether (sulfide) groups is 1. The minimum absolute atomic E-state index is 0. The summed E-state index contributed by atoms with van der Waals surface area (Å²) in [6, 6.07) is 8.77. The van der Waals surface area contributed by atoms with E-state index in [9.17, 15) is 0 Å². The predicted molar refractivity (Wildman–Crippen MR) is 89.6 cm³/mol. The van der Waals surface area contributed by atoms with Gasteiger partial charge in [-0.25, -0.2) is 0 Å². The lowest BCUT2D eigenvalue weighted by Crippen LogP contribution is -2.23. The molecule has 1 aliphatic heterocycles. The molecule has 0 saturated heterocycles. The van der Waals surface area contributed by atoms with Gasteiger partial charge in [0.05, 0.1) is 11.6 Å². The highest BCUT2D eigenvalue weighted by molar-refractivity contribution is 7.99. The zero-order chi connectivity index (χ0) is 13.2. The quantitative estimate of drug-likeness (QED) is 0.728. The summed E-state index contributed by atoms with van der Waals surface area (Å²) in [7, 11) is 0. The van der Waals surface area contributed by atoms with E-state index in [0.29, 0.717) is 5.41 Å². The summed E-state index contributed by atoms with van der Waals surface area (Å²) >= 11 is 1.97. The third-order valence-corrected chi connectivity index (χ3v) is 4.53. The lowest BCUT2D eigenvalue weighted by molar-refractivity contribution is 0.298. The molecule has 0 bridgehead atoms. The summed E-state index contributed by atoms with van der Waals surface area (Å²) in [5, 5.41) is 0. The zero-order valence-corrected chi connectivity index (χ0v) is 14.1. The molecule has 2 rings (SSSR count). The van der Waals surface area contributed by atoms with Gasteiger partial charge in [-0.05, 0) is 36.3 Å². The first-order valence-corrected chi connectivity index (χ1v) is 7.91. The Morgan fingerprint density at radius 2 is 1.95 bits per heavy atom. The number of hydrogen-bond donors (Lipinski definition) is 0. The second-order valence-corrected chi connectivity index (χ2v) is 7.65. The van der Waals surface area contributed by atoms with E-state index in [2.05, 4.69) is 56.9 Å². The van der Waals surface area contributed by atoms with Crippen molar-refractivity contribution in [3.05, 3.63) is 24.3 Å². The van der Waals surface area contributed by atoms with Crippen LogP contribution in [0.15, 0.2) is 29.2 Å². The van der Waals surface area contributed by atoms with E-state index in [4.69, 9.17) is 0 Å². The third kappa shape index (κ3) is 4.92. The molecule has 0 saturated carbocycles. The van der Waals surface area contributed by atoms with Crippen molar-refractivity contribution >= 4 is 29.9 Å². The molecule has 1 aromatic carbocycles. The average Bonchev–Trinajstić information content (AvgIpc) is 2.67. The first kappa shape index (κ1) is 16.7. The highest BCUT2D eigenvalue weighted by Gasteiger charge is 2.20. The molecule has 1 heterocycles. The van der Waals surface area contributed by atoms with Crippen molar-refractivity contribution in [3.63, 3.8) is 0 Å². The van der Waals surface area contributed by atoms with Gasteiger partial charge in [0, 0.05) is 11.4 Å². The Kier molecular flexibility index (Phi) is 6.07. The Hall–Kier alpha value is -0.340. The molecule has 3 heteroatoms. The van der Waals surface area contributed by atoms with Crippen molar-refractivity contribution in [2.45, 2.75) is 45.4 Å². The molecule has 0 fully saturated rings. The van der Waals surface area contributed by atoms with Crippen LogP contribution in [0.4, 0.5) is 5.69 Å². The molecule has 0 radical (unpaired) electrons. The van der Waals surface area contributed by atoms with Crippen molar-refractivity contribution < 1.29 is 0 Å². The van der Waals surface area contributed by atoms with Crippen molar-refractivity contribution in [3.8, 4) is 0 Å². The van der Waals surface area contributed by atoms with E-state index < -0.39 is 0 Å². The lowest BCUT2D eigenvalue weighted by atomic mass is 9.84. The molecule has 0 spiro atoms. The number of fused-ring (bicyclic) bond motifs is 1. The van der Waals surface area contributed by atoms with E-state index in [1.54, 1.807) is 0 Å². The van der Waals surface area contributed by atoms with Crippen LogP contribution >= 0.6 is 24.2 Å². The standard InChI is InChI=1S/C16H25NS.ClH/c1-13(11-16(2,3)4)9-10-17-12-18-15-8-6-5-7-14(15)17;/h5-8,13H,9-12H2,1-4H3;1H. The summed E-state index contributed by atoms with van der Waals surface area (Å²) in [4.78, 5) is 3.97. The second-order valence-electron chi connectivity index (χ2n) is 6.66. The minimum atomic E-state index is 0. The van der Waals surface area contributed by atoms with Crippen molar-refractivity contribution in [2.24, 2.45) is 11.3 Å². The maximum Gasteiger partial charge on any atom is 0.0686 e. The van der Waals surface area contributed by atoms with Crippen molar-refractivity contribution in [1.82, 2.24) is 0 Å². The number of benzene rings is 1. The summed E-state index contributed by atoms with van der Waals surface area (Å²) in [5.74, 6) is 1.93. The Morgan fingerprint density at radius 3 is 2.63 bits per heavy atom. The number of para-hydroxylation sites is 1. The van der Waals surface area contributed by atoms with Crippen molar-refractivity contribution in [1.29, 1.82) is 0 Å². The number of anilines is 1. The van der Waals surface area contributed by atoms with E-state index in [1.807, 2.05) is 11.8 Å². The maximum absolute atomic E-state index is 2.53. The molecule has 19 heavy (non-hydrogen) atoms. The van der Waals surface area contributed by atoms with Crippen LogP contribution < -0.4 is 4.90 Å². The van der Waals surface area contributed by atoms with Gasteiger partial charge in [0.1, 0.15) is 0 Å². The Balaban J connectivity index is 0.00000180. The molecule has 0 amide bonds. The van der Waals surface area contributed by atoms with Gasteiger partial charge in [-0.3, -0.25) is 0 Å². The minimum Gasteiger partial charge on any atom is -0.361 e. The SMILES string of the molecule is CC(CCN1CSc2ccccc21)CC(C)(C)C.Cl. The number of nitrogens with zero attached hydrogens (tertiary/aromatic N) is 1. The molecular weight excluding hydrogens is 274 g/mol. The average molecular weight is 300 g/mol. The number of halogens is 1. The van der Waals surface area contributed by atoms with Gasteiger partial charge in [0.25, 0.3) is 0 Å². The Labute approximate surface area is 128 Å². The van der Waals surface area contributed by atoms with Crippen LogP contribution in [0.5, 0.6) is 0 Å². The number of rotatable bonds is 4. The molecule has 1 aliphatic rings. The van der Waals surface area contributed by atoms with E-state index in [-0.39, 0.29) is 12.4 Å². The fourth-order valence-corrected chi connectivity index (χ4v) is 3.85. The summed E-state index contributed by atoms with van der Waals surface area (Å²) in [5.41, 5.74) is 1.89. The lowest BCUT2D eigenvalue weighted by Gasteiger charge is -2.25. The van der Waals surface area contributed by atoms with Crippen LogP contribution in [0, 0.1) is 11.3 Å². The Bertz CT molecular complexity index is 400. The van der Waals surface area contributed by atoms with Gasteiger partial charge in [-0.1, -0.05) is 39.8 Å². The normalized spacial score (nSPS) is 15.9. The molecule has 0 aliphatic carbocycles. The van der Waals surface area contributed by atoms with Gasteiger partial charge < -0.3 is 4.90 Å². The molecule has 1 aromatic rings. The van der Waals surface area contributed by atoms with Gasteiger partial charge in [0.2, 0.25) is 0 Å². The van der Waals surface area contributed by atoms with Crippen LogP contribution in [0.25, 0.3) is 0 Å². The van der Waals surface area contributed by atoms with Crippen LogP contribution in [-0.2, 0) is 0 Å². The van der Waals surface area contributed by atoms with Crippen molar-refractivity contribution in [2.75, 3.05) is 17.3 Å². The largest absolute Gasteiger partial charge is 0.361 e. The summed E-state index contributed by atoms with van der Waals surface area (Å²) in [6.45, 7) is 10.6. The van der Waals surface area contributed by atoms with Crippen LogP contribution in [0.1, 0.15) is 40.5 Å². The van der Waals surface area contributed by atoms with E-state index in [0.717, 1.165) is 11.8 Å². The summed E-state index contributed by atoms with van der Waals surface area (Å²) < 4.78 is 0. The third-order valence-electron chi connectivity index (χ3n) is 3.43. The first-order valence-electron chi connectivity index (χ1n) is 6.92. The smallest absolute Gasteiger partial charge is 0.0686 e. The van der Waals surface area contributed by atoms with E-state index >= 15 is 0 Å². The fraction of sp³-hybridized carbons (Fsp3) is 0.625. The van der Waals surface area contributed by atoms with Crippen LogP contribution in [-0.4, -0.2) is 12.4 Å². The van der Waals surface area contributed by atoms with Crippen LogP contribution in [0.2, 0.25) is 0 Å². The van der Waals surface area contributed by atoms with Gasteiger partial charge >= 0.3 is 0 Å². The zero-order valence-electron chi connectivity index (χ0n) is 12.5.